The zero-order valence-electron chi connectivity index (χ0n) is 25.2. The van der Waals surface area contributed by atoms with Gasteiger partial charge in [-0.15, -0.1) is 0 Å². The first-order valence-electron chi connectivity index (χ1n) is 14.9. The van der Waals surface area contributed by atoms with E-state index in [2.05, 4.69) is 41.2 Å². The third kappa shape index (κ3) is 8.20. The molecule has 2 aromatic carbocycles. The van der Waals surface area contributed by atoms with E-state index in [-0.39, 0.29) is 25.8 Å². The number of carbonyl (C=O) groups is 5. The highest BCUT2D eigenvalue weighted by atomic mass is 16.4. The molecule has 0 aliphatic carbocycles. The second-order valence-electron chi connectivity index (χ2n) is 11.0. The first-order chi connectivity index (χ1) is 22.7. The lowest BCUT2D eigenvalue weighted by atomic mass is 10.0. The SMILES string of the molecule is NCC(=O)N[C@@H](Cc1c[nH]c2ccccc12)C(=O)N[C@@H](Cc1cnc[nH]1)C(=O)N[C@@H](Cc1c[nH]c2ccccc12)C(=O)NCC(=O)O. The third-order valence-electron chi connectivity index (χ3n) is 7.69. The predicted molar refractivity (Wildman–Crippen MR) is 172 cm³/mol. The fourth-order valence-electron chi connectivity index (χ4n) is 5.37. The Morgan fingerprint density at radius 2 is 1.26 bits per heavy atom. The number of fused-ring (bicyclic) bond motifs is 2. The molecule has 0 aliphatic heterocycles. The van der Waals surface area contributed by atoms with Crippen LogP contribution in [0.2, 0.25) is 0 Å². The van der Waals surface area contributed by atoms with Crippen LogP contribution in [0.1, 0.15) is 16.8 Å². The fraction of sp³-hybridized carbons (Fsp3) is 0.250. The predicted octanol–water partition coefficient (Wildman–Crippen LogP) is 0.0141. The van der Waals surface area contributed by atoms with Gasteiger partial charge in [-0.25, -0.2) is 4.98 Å². The van der Waals surface area contributed by atoms with E-state index in [0.717, 1.165) is 27.4 Å². The number of carbonyl (C=O) groups excluding carboxylic acids is 4. The number of carboxylic acids is 1. The van der Waals surface area contributed by atoms with Crippen LogP contribution in [-0.2, 0) is 43.2 Å². The highest BCUT2D eigenvalue weighted by molar-refractivity contribution is 5.96. The normalized spacial score (nSPS) is 13.0. The van der Waals surface area contributed by atoms with Crippen LogP contribution in [0.4, 0.5) is 0 Å². The number of para-hydroxylation sites is 2. The Kier molecular flexibility index (Phi) is 10.3. The summed E-state index contributed by atoms with van der Waals surface area (Å²) in [5, 5.41) is 21.2. The molecule has 47 heavy (non-hydrogen) atoms. The van der Waals surface area contributed by atoms with Gasteiger partial charge in [0.15, 0.2) is 0 Å². The Labute approximate surface area is 268 Å². The first kappa shape index (κ1) is 32.4. The van der Waals surface area contributed by atoms with Gasteiger partial charge >= 0.3 is 5.97 Å². The quantitative estimate of drug-likeness (QED) is 0.0753. The van der Waals surface area contributed by atoms with E-state index in [1.807, 2.05) is 48.5 Å². The number of H-pyrrole nitrogens is 3. The molecule has 0 aliphatic rings. The monoisotopic (exact) mass is 641 g/mol. The zero-order valence-corrected chi connectivity index (χ0v) is 25.2. The van der Waals surface area contributed by atoms with Crippen LogP contribution in [0.5, 0.6) is 0 Å². The molecule has 0 unspecified atom stereocenters. The van der Waals surface area contributed by atoms with Crippen LogP contribution in [0, 0.1) is 0 Å². The maximum atomic E-state index is 13.9. The van der Waals surface area contributed by atoms with E-state index in [4.69, 9.17) is 10.8 Å². The largest absolute Gasteiger partial charge is 0.480 e. The number of hydrogen-bond acceptors (Lipinski definition) is 7. The molecule has 3 heterocycles. The molecule has 3 atom stereocenters. The van der Waals surface area contributed by atoms with Gasteiger partial charge in [0.1, 0.15) is 24.7 Å². The van der Waals surface area contributed by atoms with Gasteiger partial charge in [0, 0.05) is 65.4 Å². The maximum absolute atomic E-state index is 13.9. The lowest BCUT2D eigenvalue weighted by Crippen LogP contribution is -2.58. The lowest BCUT2D eigenvalue weighted by molar-refractivity contribution is -0.138. The number of aromatic amines is 3. The molecule has 15 heteroatoms. The summed E-state index contributed by atoms with van der Waals surface area (Å²) in [6, 6.07) is 11.4. The van der Waals surface area contributed by atoms with Crippen molar-refractivity contribution >= 4 is 51.4 Å². The highest BCUT2D eigenvalue weighted by Gasteiger charge is 2.31. The van der Waals surface area contributed by atoms with Crippen molar-refractivity contribution in [3.8, 4) is 0 Å². The van der Waals surface area contributed by atoms with Crippen molar-refractivity contribution in [1.29, 1.82) is 0 Å². The molecule has 0 spiro atoms. The van der Waals surface area contributed by atoms with Crippen LogP contribution in [-0.4, -0.2) is 85.9 Å². The van der Waals surface area contributed by atoms with Gasteiger partial charge in [-0.1, -0.05) is 36.4 Å². The molecule has 244 valence electrons. The zero-order chi connectivity index (χ0) is 33.3. The number of aromatic nitrogens is 4. The Balaban J connectivity index is 1.39. The van der Waals surface area contributed by atoms with Gasteiger partial charge in [-0.2, -0.15) is 0 Å². The fourth-order valence-corrected chi connectivity index (χ4v) is 5.37. The molecule has 0 bridgehead atoms. The number of amides is 4. The van der Waals surface area contributed by atoms with Crippen molar-refractivity contribution in [2.24, 2.45) is 5.73 Å². The van der Waals surface area contributed by atoms with Crippen LogP contribution < -0.4 is 27.0 Å². The molecule has 15 nitrogen and oxygen atoms in total. The molecule has 5 aromatic rings. The van der Waals surface area contributed by atoms with Gasteiger partial charge in [0.2, 0.25) is 23.6 Å². The lowest BCUT2D eigenvalue weighted by Gasteiger charge is -2.25. The van der Waals surface area contributed by atoms with Crippen molar-refractivity contribution in [3.05, 3.63) is 90.3 Å². The molecule has 10 N–H and O–H groups in total. The second kappa shape index (κ2) is 14.9. The average Bonchev–Trinajstić information content (AvgIpc) is 3.83. The third-order valence-corrected chi connectivity index (χ3v) is 7.69. The molecule has 0 radical (unpaired) electrons. The molecule has 0 saturated heterocycles. The van der Waals surface area contributed by atoms with Gasteiger partial charge in [0.25, 0.3) is 0 Å². The van der Waals surface area contributed by atoms with Crippen molar-refractivity contribution in [3.63, 3.8) is 0 Å². The summed E-state index contributed by atoms with van der Waals surface area (Å²) in [6.45, 7) is -1.000. The topological polar surface area (TPSA) is 240 Å². The molecule has 5 rings (SSSR count). The molecule has 4 amide bonds. The van der Waals surface area contributed by atoms with Crippen LogP contribution in [0.25, 0.3) is 21.8 Å². The summed E-state index contributed by atoms with van der Waals surface area (Å²) in [5.41, 5.74) is 9.22. The van der Waals surface area contributed by atoms with E-state index in [1.54, 1.807) is 12.4 Å². The number of hydrogen-bond donors (Lipinski definition) is 9. The molecule has 0 saturated carbocycles. The summed E-state index contributed by atoms with van der Waals surface area (Å²) in [4.78, 5) is 77.5. The van der Waals surface area contributed by atoms with Crippen molar-refractivity contribution in [2.75, 3.05) is 13.1 Å². The minimum absolute atomic E-state index is 0.0290. The molecule has 0 fully saturated rings. The van der Waals surface area contributed by atoms with Gasteiger partial charge in [-0.05, 0) is 23.3 Å². The summed E-state index contributed by atoms with van der Waals surface area (Å²) >= 11 is 0. The summed E-state index contributed by atoms with van der Waals surface area (Å²) in [7, 11) is 0. The number of nitrogens with two attached hydrogens (primary N) is 1. The summed E-state index contributed by atoms with van der Waals surface area (Å²) < 4.78 is 0. The van der Waals surface area contributed by atoms with Gasteiger partial charge in [-0.3, -0.25) is 24.0 Å². The summed E-state index contributed by atoms with van der Waals surface area (Å²) in [6.07, 6.45) is 6.48. The van der Waals surface area contributed by atoms with Crippen molar-refractivity contribution in [1.82, 2.24) is 41.2 Å². The van der Waals surface area contributed by atoms with Crippen LogP contribution in [0.3, 0.4) is 0 Å². The molecule has 3 aromatic heterocycles. The van der Waals surface area contributed by atoms with E-state index < -0.39 is 54.3 Å². The van der Waals surface area contributed by atoms with Gasteiger partial charge < -0.3 is 47.1 Å². The highest BCUT2D eigenvalue weighted by Crippen LogP contribution is 2.21. The number of rotatable bonds is 15. The van der Waals surface area contributed by atoms with Crippen molar-refractivity contribution in [2.45, 2.75) is 37.4 Å². The minimum Gasteiger partial charge on any atom is -0.480 e. The maximum Gasteiger partial charge on any atom is 0.322 e. The molecular weight excluding hydrogens is 606 g/mol. The van der Waals surface area contributed by atoms with E-state index in [9.17, 15) is 24.0 Å². The number of benzene rings is 2. The summed E-state index contributed by atoms with van der Waals surface area (Å²) in [5.74, 6) is -3.89. The van der Waals surface area contributed by atoms with E-state index in [0.29, 0.717) is 11.3 Å². The Morgan fingerprint density at radius 1 is 0.723 bits per heavy atom. The Morgan fingerprint density at radius 3 is 1.77 bits per heavy atom. The Hall–Kier alpha value is -5.96. The van der Waals surface area contributed by atoms with Gasteiger partial charge in [0.05, 0.1) is 12.9 Å². The smallest absolute Gasteiger partial charge is 0.322 e. The minimum atomic E-state index is -1.25. The van der Waals surface area contributed by atoms with Crippen LogP contribution >= 0.6 is 0 Å². The number of nitrogens with zero attached hydrogens (tertiary/aromatic N) is 1. The average molecular weight is 642 g/mol. The number of nitrogens with one attached hydrogen (secondary N) is 7. The number of aliphatic carboxylic acids is 1. The Bertz CT molecular complexity index is 1880. The second-order valence-corrected chi connectivity index (χ2v) is 11.0. The number of carboxylic acid groups (broad SMARTS) is 1. The standard InChI is InChI=1S/C32H35N9O6/c33-12-28(42)39-26(10-19-14-36-24-8-4-2-6-22(19)24)31(46)41-27(11-20-15-34-17-38-20)32(47)40-25(30(45)37-16-29(43)44)9-18-13-35-23-7-3-1-5-21(18)23/h1-8,13-15,17,25-27,35-36H,9-12,16,33H2,(H,34,38)(H,37,45)(H,39,42)(H,40,47)(H,41,46)(H,43,44)/t25-,26-,27-/m0/s1. The first-order valence-corrected chi connectivity index (χ1v) is 14.9. The van der Waals surface area contributed by atoms with E-state index in [1.165, 1.54) is 12.5 Å². The van der Waals surface area contributed by atoms with E-state index >= 15 is 0 Å². The van der Waals surface area contributed by atoms with Crippen molar-refractivity contribution < 1.29 is 29.1 Å². The van der Waals surface area contributed by atoms with Crippen LogP contribution in [0.15, 0.2) is 73.4 Å². The molecular formula is C32H35N9O6. The number of imidazole rings is 1.